The van der Waals surface area contributed by atoms with E-state index in [0.717, 1.165) is 19.0 Å². The van der Waals surface area contributed by atoms with Gasteiger partial charge in [0.05, 0.1) is 11.6 Å². The molecule has 5 heteroatoms. The summed E-state index contributed by atoms with van der Waals surface area (Å²) in [6.45, 7) is 1.97. The lowest BCUT2D eigenvalue weighted by molar-refractivity contribution is 0.0939. The fourth-order valence-electron chi connectivity index (χ4n) is 1.78. The summed E-state index contributed by atoms with van der Waals surface area (Å²) in [4.78, 5) is 12.3. The Bertz CT molecular complexity index is 626. The lowest BCUT2D eigenvalue weighted by Crippen LogP contribution is -2.26. The Morgan fingerprint density at radius 1 is 1.00 bits per heavy atom. The lowest BCUT2D eigenvalue weighted by atomic mass is 10.1. The van der Waals surface area contributed by atoms with Gasteiger partial charge in [0.25, 0.3) is 5.91 Å². The van der Waals surface area contributed by atoms with Crippen LogP contribution in [0, 0.1) is 0 Å². The largest absolute Gasteiger partial charge is 0.345 e. The van der Waals surface area contributed by atoms with Crippen molar-refractivity contribution >= 4 is 53.7 Å². The van der Waals surface area contributed by atoms with Crippen LogP contribution in [0.2, 0.25) is 0 Å². The van der Waals surface area contributed by atoms with Gasteiger partial charge in [0.2, 0.25) is 0 Å². The molecule has 0 fully saturated rings. The first-order chi connectivity index (χ1) is 9.47. The van der Waals surface area contributed by atoms with Gasteiger partial charge in [-0.25, -0.2) is 0 Å². The van der Waals surface area contributed by atoms with E-state index < -0.39 is 0 Å². The van der Waals surface area contributed by atoms with E-state index in [1.165, 1.54) is 0 Å². The molecule has 1 amide bonds. The number of halogens is 3. The number of carbonyl (C=O) groups is 1. The fraction of sp³-hybridized carbons (Fsp3) is 0.133. The highest BCUT2D eigenvalue weighted by Gasteiger charge is 2.14. The van der Waals surface area contributed by atoms with Gasteiger partial charge in [-0.15, -0.1) is 0 Å². The number of nitrogens with one attached hydrogen (secondary N) is 1. The molecule has 0 heterocycles. The quantitative estimate of drug-likeness (QED) is 0.645. The Morgan fingerprint density at radius 3 is 2.20 bits per heavy atom. The van der Waals surface area contributed by atoms with E-state index in [0.29, 0.717) is 5.56 Å². The number of hydrogen-bond donors (Lipinski definition) is 1. The molecule has 2 rings (SSSR count). The maximum Gasteiger partial charge on any atom is 0.252 e. The highest BCUT2D eigenvalue weighted by atomic mass is 79.9. The van der Waals surface area contributed by atoms with Gasteiger partial charge in [0, 0.05) is 13.4 Å². The molecule has 1 atom stereocenters. The van der Waals surface area contributed by atoms with Crippen LogP contribution in [0.25, 0.3) is 0 Å². The molecular formula is C15H12Br3NO. The van der Waals surface area contributed by atoms with Crippen LogP contribution < -0.4 is 5.32 Å². The predicted octanol–water partition coefficient (Wildman–Crippen LogP) is 5.47. The third-order valence-corrected chi connectivity index (χ3v) is 4.57. The van der Waals surface area contributed by atoms with Gasteiger partial charge < -0.3 is 5.32 Å². The second-order valence-electron chi connectivity index (χ2n) is 4.37. The van der Waals surface area contributed by atoms with E-state index in [-0.39, 0.29) is 11.9 Å². The molecule has 2 nitrogen and oxygen atoms in total. The van der Waals surface area contributed by atoms with Crippen LogP contribution in [-0.4, -0.2) is 5.91 Å². The van der Waals surface area contributed by atoms with Crippen LogP contribution in [0.1, 0.15) is 28.9 Å². The van der Waals surface area contributed by atoms with Crippen molar-refractivity contribution in [3.8, 4) is 0 Å². The molecule has 0 radical (unpaired) electrons. The van der Waals surface area contributed by atoms with Crippen molar-refractivity contribution in [2.45, 2.75) is 13.0 Å². The minimum atomic E-state index is -0.0974. The number of benzene rings is 2. The zero-order chi connectivity index (χ0) is 14.7. The highest BCUT2D eigenvalue weighted by Crippen LogP contribution is 2.23. The maximum atomic E-state index is 12.3. The van der Waals surface area contributed by atoms with Gasteiger partial charge in [0.15, 0.2) is 0 Å². The van der Waals surface area contributed by atoms with Crippen molar-refractivity contribution in [2.24, 2.45) is 0 Å². The second-order valence-corrected chi connectivity index (χ2v) is 7.06. The molecule has 1 N–H and O–H groups in total. The minimum absolute atomic E-state index is 0.0499. The predicted molar refractivity (Wildman–Crippen MR) is 91.9 cm³/mol. The van der Waals surface area contributed by atoms with Crippen molar-refractivity contribution in [1.29, 1.82) is 0 Å². The summed E-state index contributed by atoms with van der Waals surface area (Å²) < 4.78 is 2.73. The fourth-order valence-corrected chi connectivity index (χ4v) is 3.27. The summed E-state index contributed by atoms with van der Waals surface area (Å²) in [6.07, 6.45) is 0. The minimum Gasteiger partial charge on any atom is -0.345 e. The van der Waals surface area contributed by atoms with Crippen molar-refractivity contribution < 1.29 is 4.79 Å². The smallest absolute Gasteiger partial charge is 0.252 e. The zero-order valence-electron chi connectivity index (χ0n) is 10.7. The molecule has 0 saturated carbocycles. The lowest BCUT2D eigenvalue weighted by Gasteiger charge is -2.15. The summed E-state index contributed by atoms with van der Waals surface area (Å²) >= 11 is 10.2. The van der Waals surface area contributed by atoms with Gasteiger partial charge in [-0.05, 0) is 58.7 Å². The topological polar surface area (TPSA) is 29.1 Å². The molecule has 104 valence electrons. The van der Waals surface area contributed by atoms with Crippen molar-refractivity contribution in [3.63, 3.8) is 0 Å². The van der Waals surface area contributed by atoms with Crippen LogP contribution >= 0.6 is 47.8 Å². The van der Waals surface area contributed by atoms with Crippen molar-refractivity contribution in [1.82, 2.24) is 5.32 Å². The molecule has 0 bridgehead atoms. The molecule has 0 spiro atoms. The van der Waals surface area contributed by atoms with Crippen LogP contribution in [0.5, 0.6) is 0 Å². The normalized spacial score (nSPS) is 12.0. The summed E-state index contributed by atoms with van der Waals surface area (Å²) in [7, 11) is 0. The van der Waals surface area contributed by atoms with Gasteiger partial charge in [-0.1, -0.05) is 44.0 Å². The van der Waals surface area contributed by atoms with Crippen LogP contribution in [-0.2, 0) is 0 Å². The Morgan fingerprint density at radius 2 is 1.60 bits per heavy atom. The average molecular weight is 462 g/mol. The van der Waals surface area contributed by atoms with Crippen molar-refractivity contribution in [2.75, 3.05) is 0 Å². The molecule has 0 unspecified atom stereocenters. The summed E-state index contributed by atoms with van der Waals surface area (Å²) in [5.41, 5.74) is 1.69. The first kappa shape index (κ1) is 15.7. The van der Waals surface area contributed by atoms with E-state index in [2.05, 4.69) is 53.1 Å². The van der Waals surface area contributed by atoms with Crippen LogP contribution in [0.3, 0.4) is 0 Å². The van der Waals surface area contributed by atoms with Crippen molar-refractivity contribution in [3.05, 3.63) is 67.0 Å². The molecule has 0 saturated heterocycles. The third-order valence-electron chi connectivity index (χ3n) is 2.89. The molecule has 0 aliphatic heterocycles. The van der Waals surface area contributed by atoms with Crippen LogP contribution in [0.15, 0.2) is 55.9 Å². The Kier molecular flexibility index (Phi) is 5.41. The summed E-state index contributed by atoms with van der Waals surface area (Å²) in [6, 6.07) is 13.4. The van der Waals surface area contributed by atoms with Gasteiger partial charge >= 0.3 is 0 Å². The van der Waals surface area contributed by atoms with Gasteiger partial charge in [-0.3, -0.25) is 4.79 Å². The summed E-state index contributed by atoms with van der Waals surface area (Å²) in [5.74, 6) is -0.0974. The molecule has 2 aromatic carbocycles. The zero-order valence-corrected chi connectivity index (χ0v) is 15.4. The van der Waals surface area contributed by atoms with Gasteiger partial charge in [0.1, 0.15) is 0 Å². The van der Waals surface area contributed by atoms with E-state index in [9.17, 15) is 4.79 Å². The standard InChI is InChI=1S/C15H12Br3NO/c1-9(10-2-4-11(16)5-3-10)19-15(20)13-7-6-12(17)8-14(13)18/h2-9H,1H3,(H,19,20)/t9-/m1/s1. The Hall–Kier alpha value is -0.650. The van der Waals surface area contributed by atoms with E-state index in [4.69, 9.17) is 0 Å². The third kappa shape index (κ3) is 3.93. The Balaban J connectivity index is 2.13. The van der Waals surface area contributed by atoms with Crippen LogP contribution in [0.4, 0.5) is 0 Å². The molecule has 20 heavy (non-hydrogen) atoms. The maximum absolute atomic E-state index is 12.3. The molecular weight excluding hydrogens is 450 g/mol. The van der Waals surface area contributed by atoms with E-state index >= 15 is 0 Å². The summed E-state index contributed by atoms with van der Waals surface area (Å²) in [5, 5.41) is 2.99. The molecule has 2 aromatic rings. The number of carbonyl (C=O) groups excluding carboxylic acids is 1. The highest BCUT2D eigenvalue weighted by molar-refractivity contribution is 9.11. The SMILES string of the molecule is C[C@@H](NC(=O)c1ccc(Br)cc1Br)c1ccc(Br)cc1. The number of hydrogen-bond acceptors (Lipinski definition) is 1. The second kappa shape index (κ2) is 6.87. The average Bonchev–Trinajstić information content (AvgIpc) is 2.39. The monoisotopic (exact) mass is 459 g/mol. The number of amides is 1. The number of rotatable bonds is 3. The van der Waals surface area contributed by atoms with E-state index in [1.54, 1.807) is 6.07 Å². The molecule has 0 aromatic heterocycles. The Labute approximate surface area is 143 Å². The van der Waals surface area contributed by atoms with E-state index in [1.807, 2.05) is 43.3 Å². The molecule has 0 aliphatic carbocycles. The molecule has 0 aliphatic rings. The first-order valence-corrected chi connectivity index (χ1v) is 8.36. The first-order valence-electron chi connectivity index (χ1n) is 5.99. The van der Waals surface area contributed by atoms with Gasteiger partial charge in [-0.2, -0.15) is 0 Å².